The maximum atomic E-state index is 9.77. The molecule has 0 aliphatic carbocycles. The van der Waals surface area contributed by atoms with E-state index in [1.165, 1.54) is 0 Å². The lowest BCUT2D eigenvalue weighted by atomic mass is 10.3. The fraction of sp³-hybridized carbons (Fsp3) is 1.00. The standard InChI is InChI=1S/C4H8N2O6.C2H4N2O6/c1-2-4(12-6(9)10)3-11-5(7)8;5-3(6)9-1-2-10-4(7)8/h4H,2-3H2,1H3;1-2H2. The summed E-state index contributed by atoms with van der Waals surface area (Å²) in [5.41, 5.74) is 0. The van der Waals surface area contributed by atoms with Crippen LogP contribution in [0.15, 0.2) is 0 Å². The Morgan fingerprint density at radius 1 is 0.773 bits per heavy atom. The molecule has 0 bridgehead atoms. The Bertz CT molecular complexity index is 359. The van der Waals surface area contributed by atoms with Gasteiger partial charge >= 0.3 is 0 Å². The molecule has 0 aliphatic heterocycles. The minimum Gasteiger partial charge on any atom is -0.312 e. The normalized spacial score (nSPS) is 10.2. The fourth-order valence-electron chi connectivity index (χ4n) is 0.712. The molecule has 0 rings (SSSR count). The third kappa shape index (κ3) is 19.1. The first kappa shape index (κ1) is 21.1. The third-order valence-electron chi connectivity index (χ3n) is 1.53. The van der Waals surface area contributed by atoms with Crippen LogP contribution in [0, 0.1) is 40.5 Å². The average Bonchev–Trinajstić information content (AvgIpc) is 2.39. The highest BCUT2D eigenvalue weighted by Crippen LogP contribution is 1.98. The second kappa shape index (κ2) is 12.8. The molecular formula is C6H12N4O12. The van der Waals surface area contributed by atoms with Crippen molar-refractivity contribution in [1.82, 2.24) is 0 Å². The molecule has 16 heteroatoms. The van der Waals surface area contributed by atoms with Gasteiger partial charge in [-0.25, -0.2) is 0 Å². The van der Waals surface area contributed by atoms with Crippen molar-refractivity contribution in [3.8, 4) is 0 Å². The summed E-state index contributed by atoms with van der Waals surface area (Å²) < 4.78 is 0. The van der Waals surface area contributed by atoms with Crippen LogP contribution in [0.2, 0.25) is 0 Å². The summed E-state index contributed by atoms with van der Waals surface area (Å²) in [5, 5.41) is 34.1. The molecule has 0 aromatic rings. The van der Waals surface area contributed by atoms with Crippen molar-refractivity contribution < 1.29 is 39.7 Å². The predicted octanol–water partition coefficient (Wildman–Crippen LogP) is -0.415. The SMILES string of the molecule is CCC(CO[N+](=O)[O-])O[N+](=O)[O-].O=[N+]([O-])OCCO[N+](=O)[O-]. The van der Waals surface area contributed by atoms with Crippen LogP contribution in [0.25, 0.3) is 0 Å². The molecule has 0 saturated heterocycles. The predicted molar refractivity (Wildman–Crippen MR) is 61.0 cm³/mol. The summed E-state index contributed by atoms with van der Waals surface area (Å²) in [5.74, 6) is 0. The Balaban J connectivity index is 0. The maximum Gasteiger partial charge on any atom is 0.294 e. The van der Waals surface area contributed by atoms with Crippen LogP contribution >= 0.6 is 0 Å². The van der Waals surface area contributed by atoms with Gasteiger partial charge in [0.2, 0.25) is 0 Å². The topological polar surface area (TPSA) is 209 Å². The van der Waals surface area contributed by atoms with Gasteiger partial charge in [0.15, 0.2) is 0 Å². The molecular weight excluding hydrogens is 320 g/mol. The number of hydrogen-bond donors (Lipinski definition) is 0. The van der Waals surface area contributed by atoms with Gasteiger partial charge < -0.3 is 19.4 Å². The van der Waals surface area contributed by atoms with E-state index in [0.717, 1.165) is 0 Å². The molecule has 0 aromatic heterocycles. The van der Waals surface area contributed by atoms with Crippen LogP contribution < -0.4 is 0 Å². The van der Waals surface area contributed by atoms with E-state index in [1.807, 2.05) is 0 Å². The highest BCUT2D eigenvalue weighted by molar-refractivity contribution is 4.47. The fourth-order valence-corrected chi connectivity index (χ4v) is 0.712. The van der Waals surface area contributed by atoms with E-state index in [4.69, 9.17) is 0 Å². The third-order valence-corrected chi connectivity index (χ3v) is 1.53. The Kier molecular flexibility index (Phi) is 12.3. The van der Waals surface area contributed by atoms with Crippen LogP contribution in [-0.2, 0) is 19.4 Å². The minimum absolute atomic E-state index is 0.273. The van der Waals surface area contributed by atoms with Crippen molar-refractivity contribution in [2.45, 2.75) is 19.4 Å². The van der Waals surface area contributed by atoms with E-state index < -0.39 is 46.3 Å². The lowest BCUT2D eigenvalue weighted by molar-refractivity contribution is -0.790. The monoisotopic (exact) mass is 332 g/mol. The van der Waals surface area contributed by atoms with Crippen LogP contribution in [0.3, 0.4) is 0 Å². The Labute approximate surface area is 120 Å². The Morgan fingerprint density at radius 3 is 1.45 bits per heavy atom. The maximum absolute atomic E-state index is 9.77. The zero-order valence-electron chi connectivity index (χ0n) is 11.1. The molecule has 0 aliphatic rings. The number of rotatable bonds is 11. The van der Waals surface area contributed by atoms with Gasteiger partial charge in [-0.15, -0.1) is 40.5 Å². The van der Waals surface area contributed by atoms with Gasteiger partial charge in [0.1, 0.15) is 25.9 Å². The first-order valence-corrected chi connectivity index (χ1v) is 5.32. The van der Waals surface area contributed by atoms with Gasteiger partial charge in [-0.3, -0.25) is 0 Å². The molecule has 0 heterocycles. The summed E-state index contributed by atoms with van der Waals surface area (Å²) in [6, 6.07) is 0. The zero-order valence-corrected chi connectivity index (χ0v) is 11.1. The molecule has 0 aromatic carbocycles. The van der Waals surface area contributed by atoms with E-state index in [-0.39, 0.29) is 6.42 Å². The van der Waals surface area contributed by atoms with Gasteiger partial charge in [-0.05, 0) is 6.42 Å². The zero-order chi connectivity index (χ0) is 17.5. The van der Waals surface area contributed by atoms with Crippen molar-refractivity contribution >= 4 is 0 Å². The molecule has 0 fully saturated rings. The lowest BCUT2D eigenvalue weighted by Gasteiger charge is -2.09. The van der Waals surface area contributed by atoms with Crippen LogP contribution in [0.1, 0.15) is 13.3 Å². The largest absolute Gasteiger partial charge is 0.312 e. The van der Waals surface area contributed by atoms with E-state index in [0.29, 0.717) is 0 Å². The van der Waals surface area contributed by atoms with Crippen molar-refractivity contribution in [2.75, 3.05) is 19.8 Å². The van der Waals surface area contributed by atoms with Crippen molar-refractivity contribution in [3.63, 3.8) is 0 Å². The van der Waals surface area contributed by atoms with Crippen molar-refractivity contribution in [2.24, 2.45) is 0 Å². The smallest absolute Gasteiger partial charge is 0.294 e. The van der Waals surface area contributed by atoms with Gasteiger partial charge in [0, 0.05) is 0 Å². The molecule has 0 spiro atoms. The Morgan fingerprint density at radius 2 is 1.18 bits per heavy atom. The average molecular weight is 332 g/mol. The van der Waals surface area contributed by atoms with Crippen LogP contribution in [0.5, 0.6) is 0 Å². The molecule has 0 N–H and O–H groups in total. The number of hydrogen-bond acceptors (Lipinski definition) is 12. The van der Waals surface area contributed by atoms with E-state index in [2.05, 4.69) is 19.4 Å². The van der Waals surface area contributed by atoms with E-state index in [1.54, 1.807) is 6.92 Å². The van der Waals surface area contributed by atoms with Crippen LogP contribution in [-0.4, -0.2) is 46.3 Å². The van der Waals surface area contributed by atoms with Crippen molar-refractivity contribution in [1.29, 1.82) is 0 Å². The summed E-state index contributed by atoms with van der Waals surface area (Å²) >= 11 is 0. The highest BCUT2D eigenvalue weighted by atomic mass is 17.0. The highest BCUT2D eigenvalue weighted by Gasteiger charge is 2.12. The van der Waals surface area contributed by atoms with E-state index in [9.17, 15) is 40.5 Å². The molecule has 1 unspecified atom stereocenters. The van der Waals surface area contributed by atoms with Gasteiger partial charge in [0.05, 0.1) is 0 Å². The number of nitrogens with zero attached hydrogens (tertiary/aromatic N) is 4. The molecule has 0 radical (unpaired) electrons. The summed E-state index contributed by atoms with van der Waals surface area (Å²) in [6.45, 7) is 0.296. The van der Waals surface area contributed by atoms with Gasteiger partial charge in [-0.1, -0.05) is 6.92 Å². The second-order valence-electron chi connectivity index (χ2n) is 2.99. The van der Waals surface area contributed by atoms with Crippen LogP contribution in [0.4, 0.5) is 0 Å². The minimum atomic E-state index is -1.05. The first-order valence-electron chi connectivity index (χ1n) is 5.32. The molecule has 1 atom stereocenters. The molecule has 0 amide bonds. The molecule has 16 nitrogen and oxygen atoms in total. The lowest BCUT2D eigenvalue weighted by Crippen LogP contribution is -2.23. The second-order valence-corrected chi connectivity index (χ2v) is 2.99. The quantitative estimate of drug-likeness (QED) is 0.268. The van der Waals surface area contributed by atoms with Crippen molar-refractivity contribution in [3.05, 3.63) is 40.5 Å². The molecule has 0 saturated carbocycles. The van der Waals surface area contributed by atoms with Gasteiger partial charge in [-0.2, -0.15) is 0 Å². The Hall–Kier alpha value is -3.20. The van der Waals surface area contributed by atoms with Gasteiger partial charge in [0.25, 0.3) is 20.3 Å². The molecule has 22 heavy (non-hydrogen) atoms. The molecule has 128 valence electrons. The summed E-state index contributed by atoms with van der Waals surface area (Å²) in [6.07, 6.45) is -0.611. The summed E-state index contributed by atoms with van der Waals surface area (Å²) in [4.78, 5) is 53.5. The first-order chi connectivity index (χ1) is 10.2. The van der Waals surface area contributed by atoms with E-state index >= 15 is 0 Å². The summed E-state index contributed by atoms with van der Waals surface area (Å²) in [7, 11) is 0.